The largest absolute Gasteiger partial charge is 0.309 e. The van der Waals surface area contributed by atoms with Crippen LogP contribution in [0, 0.1) is 13.8 Å². The number of piperazine rings is 1. The first kappa shape index (κ1) is 13.5. The van der Waals surface area contributed by atoms with Gasteiger partial charge in [0.05, 0.1) is 11.4 Å². The van der Waals surface area contributed by atoms with E-state index in [2.05, 4.69) is 15.5 Å². The van der Waals surface area contributed by atoms with Crippen LogP contribution in [0.15, 0.2) is 4.90 Å². The molecule has 0 bridgehead atoms. The molecule has 1 saturated heterocycles. The molecule has 0 aliphatic carbocycles. The van der Waals surface area contributed by atoms with E-state index < -0.39 is 10.0 Å². The average Bonchev–Trinajstić information content (AvgIpc) is 2.57. The first-order chi connectivity index (χ1) is 8.32. The maximum Gasteiger partial charge on any atom is 0.246 e. The number of aromatic nitrogens is 2. The van der Waals surface area contributed by atoms with E-state index in [4.69, 9.17) is 0 Å². The highest BCUT2D eigenvalue weighted by Crippen LogP contribution is 2.23. The lowest BCUT2D eigenvalue weighted by Crippen LogP contribution is -2.55. The molecule has 1 fully saturated rings. The van der Waals surface area contributed by atoms with Gasteiger partial charge in [-0.15, -0.1) is 0 Å². The van der Waals surface area contributed by atoms with Gasteiger partial charge in [-0.2, -0.15) is 9.40 Å². The number of aromatic amines is 1. The zero-order chi connectivity index (χ0) is 13.5. The van der Waals surface area contributed by atoms with Crippen molar-refractivity contribution in [3.8, 4) is 0 Å². The molecule has 1 aromatic heterocycles. The van der Waals surface area contributed by atoms with Crippen molar-refractivity contribution in [1.29, 1.82) is 0 Å². The van der Waals surface area contributed by atoms with Gasteiger partial charge in [-0.3, -0.25) is 5.10 Å². The summed E-state index contributed by atoms with van der Waals surface area (Å²) in [6.07, 6.45) is 0. The van der Waals surface area contributed by atoms with Crippen molar-refractivity contribution in [2.24, 2.45) is 0 Å². The number of nitrogens with one attached hydrogen (secondary N) is 2. The van der Waals surface area contributed by atoms with E-state index in [9.17, 15) is 8.42 Å². The van der Waals surface area contributed by atoms with Crippen molar-refractivity contribution in [2.75, 3.05) is 13.1 Å². The summed E-state index contributed by atoms with van der Waals surface area (Å²) in [5.74, 6) is 0. The molecule has 6 nitrogen and oxygen atoms in total. The van der Waals surface area contributed by atoms with Gasteiger partial charge in [0.2, 0.25) is 10.0 Å². The maximum absolute atomic E-state index is 12.6. The smallest absolute Gasteiger partial charge is 0.246 e. The molecule has 0 radical (unpaired) electrons. The van der Waals surface area contributed by atoms with Crippen molar-refractivity contribution < 1.29 is 8.42 Å². The second-order valence-electron chi connectivity index (χ2n) is 5.05. The van der Waals surface area contributed by atoms with Crippen LogP contribution in [0.5, 0.6) is 0 Å². The fourth-order valence-electron chi connectivity index (χ4n) is 2.52. The molecule has 7 heteroatoms. The standard InChI is InChI=1S/C11H20N4O2S/c1-7-5-15(6-8(2)12-7)18(16,17)11-9(3)13-14-10(11)4/h7-8,12H,5-6H2,1-4H3,(H,13,14)/t7-,8+. The molecule has 0 amide bonds. The molecule has 1 aliphatic rings. The Morgan fingerprint density at radius 1 is 1.22 bits per heavy atom. The van der Waals surface area contributed by atoms with Crippen molar-refractivity contribution in [3.05, 3.63) is 11.4 Å². The lowest BCUT2D eigenvalue weighted by molar-refractivity contribution is 0.262. The number of H-pyrrole nitrogens is 1. The summed E-state index contributed by atoms with van der Waals surface area (Å²) >= 11 is 0. The van der Waals surface area contributed by atoms with Crippen LogP contribution in [0.25, 0.3) is 0 Å². The van der Waals surface area contributed by atoms with Gasteiger partial charge in [0, 0.05) is 25.2 Å². The number of rotatable bonds is 2. The van der Waals surface area contributed by atoms with E-state index >= 15 is 0 Å². The van der Waals surface area contributed by atoms with Gasteiger partial charge >= 0.3 is 0 Å². The van der Waals surface area contributed by atoms with Crippen LogP contribution in [-0.2, 0) is 10.0 Å². The lowest BCUT2D eigenvalue weighted by Gasteiger charge is -2.35. The van der Waals surface area contributed by atoms with Crippen molar-refractivity contribution >= 4 is 10.0 Å². The zero-order valence-electron chi connectivity index (χ0n) is 11.2. The van der Waals surface area contributed by atoms with Crippen LogP contribution in [0.3, 0.4) is 0 Å². The molecule has 1 aliphatic heterocycles. The third-order valence-corrected chi connectivity index (χ3v) is 5.28. The van der Waals surface area contributed by atoms with Gasteiger partial charge in [0.15, 0.2) is 0 Å². The summed E-state index contributed by atoms with van der Waals surface area (Å²) in [5, 5.41) is 10.0. The molecule has 2 atom stereocenters. The summed E-state index contributed by atoms with van der Waals surface area (Å²) in [4.78, 5) is 0.323. The Hall–Kier alpha value is -0.920. The van der Waals surface area contributed by atoms with Crippen LogP contribution in [0.1, 0.15) is 25.2 Å². The summed E-state index contributed by atoms with van der Waals surface area (Å²) < 4.78 is 26.8. The highest BCUT2D eigenvalue weighted by molar-refractivity contribution is 7.89. The number of nitrogens with zero attached hydrogens (tertiary/aromatic N) is 2. The minimum atomic E-state index is -3.45. The topological polar surface area (TPSA) is 78.1 Å². The molecule has 0 spiro atoms. The van der Waals surface area contributed by atoms with Gasteiger partial charge in [0.1, 0.15) is 4.90 Å². The van der Waals surface area contributed by atoms with Crippen molar-refractivity contribution in [3.63, 3.8) is 0 Å². The summed E-state index contributed by atoms with van der Waals surface area (Å²) in [7, 11) is -3.45. The van der Waals surface area contributed by atoms with Gasteiger partial charge in [-0.25, -0.2) is 8.42 Å². The van der Waals surface area contributed by atoms with Crippen molar-refractivity contribution in [1.82, 2.24) is 19.8 Å². The number of sulfonamides is 1. The first-order valence-electron chi connectivity index (χ1n) is 6.10. The Bertz CT molecular complexity index is 508. The molecular weight excluding hydrogens is 252 g/mol. The molecule has 2 rings (SSSR count). The van der Waals surface area contributed by atoms with Gasteiger partial charge < -0.3 is 5.32 Å². The van der Waals surface area contributed by atoms with E-state index in [1.165, 1.54) is 0 Å². The Morgan fingerprint density at radius 2 is 1.78 bits per heavy atom. The van der Waals surface area contributed by atoms with Crippen LogP contribution in [0.4, 0.5) is 0 Å². The van der Waals surface area contributed by atoms with Crippen LogP contribution in [-0.4, -0.2) is 48.1 Å². The summed E-state index contributed by atoms with van der Waals surface area (Å²) in [6.45, 7) is 8.43. The third-order valence-electron chi connectivity index (χ3n) is 3.18. The molecule has 18 heavy (non-hydrogen) atoms. The molecule has 2 heterocycles. The van der Waals surface area contributed by atoms with Gasteiger partial charge in [-0.05, 0) is 27.7 Å². The minimum Gasteiger partial charge on any atom is -0.309 e. The molecule has 102 valence electrons. The van der Waals surface area contributed by atoms with E-state index in [0.717, 1.165) is 0 Å². The predicted molar refractivity (Wildman–Crippen MR) is 68.9 cm³/mol. The quantitative estimate of drug-likeness (QED) is 0.817. The fourth-order valence-corrected chi connectivity index (χ4v) is 4.47. The van der Waals surface area contributed by atoms with Crippen LogP contribution in [0.2, 0.25) is 0 Å². The van der Waals surface area contributed by atoms with E-state index in [-0.39, 0.29) is 12.1 Å². The molecule has 2 N–H and O–H groups in total. The Morgan fingerprint density at radius 3 is 2.22 bits per heavy atom. The predicted octanol–water partition coefficient (Wildman–Crippen LogP) is 0.397. The monoisotopic (exact) mass is 272 g/mol. The summed E-state index contributed by atoms with van der Waals surface area (Å²) in [5.41, 5.74) is 1.14. The Labute approximate surface area is 108 Å². The lowest BCUT2D eigenvalue weighted by atomic mass is 10.2. The summed E-state index contributed by atoms with van der Waals surface area (Å²) in [6, 6.07) is 0.326. The van der Waals surface area contributed by atoms with E-state index in [0.29, 0.717) is 29.4 Å². The molecule has 1 aromatic rings. The van der Waals surface area contributed by atoms with E-state index in [1.807, 2.05) is 13.8 Å². The molecule has 0 aromatic carbocycles. The number of aryl methyl sites for hydroxylation is 2. The molecule has 0 saturated carbocycles. The second-order valence-corrected chi connectivity index (χ2v) is 6.93. The minimum absolute atomic E-state index is 0.163. The second kappa shape index (κ2) is 4.64. The molecular formula is C11H20N4O2S. The normalized spacial score (nSPS) is 26.4. The Kier molecular flexibility index (Phi) is 3.48. The highest BCUT2D eigenvalue weighted by Gasteiger charge is 2.34. The SMILES string of the molecule is Cc1n[nH]c(C)c1S(=O)(=O)N1C[C@@H](C)N[C@@H](C)C1. The number of hydrogen-bond acceptors (Lipinski definition) is 4. The van der Waals surface area contributed by atoms with Gasteiger partial charge in [0.25, 0.3) is 0 Å². The maximum atomic E-state index is 12.6. The first-order valence-corrected chi connectivity index (χ1v) is 7.54. The fraction of sp³-hybridized carbons (Fsp3) is 0.727. The van der Waals surface area contributed by atoms with Crippen LogP contribution < -0.4 is 5.32 Å². The number of hydrogen-bond donors (Lipinski definition) is 2. The average molecular weight is 272 g/mol. The zero-order valence-corrected chi connectivity index (χ0v) is 12.0. The van der Waals surface area contributed by atoms with Crippen LogP contribution >= 0.6 is 0 Å². The highest BCUT2D eigenvalue weighted by atomic mass is 32.2. The van der Waals surface area contributed by atoms with E-state index in [1.54, 1.807) is 18.2 Å². The third kappa shape index (κ3) is 2.30. The van der Waals surface area contributed by atoms with Gasteiger partial charge in [-0.1, -0.05) is 0 Å². The Balaban J connectivity index is 2.37. The molecule has 0 unspecified atom stereocenters. The van der Waals surface area contributed by atoms with Crippen molar-refractivity contribution in [2.45, 2.75) is 44.7 Å².